The summed E-state index contributed by atoms with van der Waals surface area (Å²) in [4.78, 5) is 12.9. The molecule has 0 saturated carbocycles. The van der Waals surface area contributed by atoms with Gasteiger partial charge in [0.05, 0.1) is 16.9 Å². The molecule has 0 unspecified atom stereocenters. The Morgan fingerprint density at radius 1 is 0.862 bits per heavy atom. The maximum absolute atomic E-state index is 13.2. The number of para-hydroxylation sites is 1. The van der Waals surface area contributed by atoms with E-state index in [0.29, 0.717) is 48.6 Å². The van der Waals surface area contributed by atoms with Gasteiger partial charge < -0.3 is 4.74 Å². The summed E-state index contributed by atoms with van der Waals surface area (Å²) in [6, 6.07) is 20.2. The predicted octanol–water partition coefficient (Wildman–Crippen LogP) is 4.03. The maximum atomic E-state index is 13.2. The Kier molecular flexibility index (Phi) is 4.22. The molecule has 3 aromatic carbocycles. The van der Waals surface area contributed by atoms with Crippen LogP contribution in [0.2, 0.25) is 0 Å². The molecule has 1 saturated heterocycles. The topological polar surface area (TPSA) is 63.7 Å². The predicted molar refractivity (Wildman–Crippen MR) is 111 cm³/mol. The summed E-state index contributed by atoms with van der Waals surface area (Å²) in [6.45, 7) is 0.676. The molecular weight excluding hydrogens is 386 g/mol. The summed E-state index contributed by atoms with van der Waals surface area (Å²) in [5, 5.41) is 1.91. The molecule has 0 atom stereocenters. The molecule has 148 valence electrons. The molecule has 5 rings (SSSR count). The van der Waals surface area contributed by atoms with Crippen LogP contribution in [0, 0.1) is 0 Å². The Labute approximate surface area is 170 Å². The zero-order valence-electron chi connectivity index (χ0n) is 15.9. The molecule has 0 N–H and O–H groups in total. The number of nitrogens with zero attached hydrogens (tertiary/aromatic N) is 1. The van der Waals surface area contributed by atoms with Crippen LogP contribution in [-0.2, 0) is 10.0 Å². The highest BCUT2D eigenvalue weighted by atomic mass is 32.2. The van der Waals surface area contributed by atoms with Gasteiger partial charge in [-0.1, -0.05) is 42.5 Å². The summed E-state index contributed by atoms with van der Waals surface area (Å²) in [5.74, 6) is 0.673. The molecule has 5 nitrogen and oxygen atoms in total. The number of piperidine rings is 1. The third-order valence-corrected chi connectivity index (χ3v) is 7.88. The fourth-order valence-corrected chi connectivity index (χ4v) is 5.81. The monoisotopic (exact) mass is 407 g/mol. The van der Waals surface area contributed by atoms with Crippen LogP contribution in [0.4, 0.5) is 0 Å². The van der Waals surface area contributed by atoms with Gasteiger partial charge in [-0.15, -0.1) is 0 Å². The van der Waals surface area contributed by atoms with E-state index in [1.807, 2.05) is 48.5 Å². The average molecular weight is 407 g/mol. The minimum atomic E-state index is -3.59. The van der Waals surface area contributed by atoms with Crippen molar-refractivity contribution in [2.45, 2.75) is 29.8 Å². The number of ketones is 1. The smallest absolute Gasteiger partial charge is 0.243 e. The molecule has 2 heterocycles. The summed E-state index contributed by atoms with van der Waals surface area (Å²) in [7, 11) is -3.59. The number of fused-ring (bicyclic) bond motifs is 2. The van der Waals surface area contributed by atoms with E-state index in [0.717, 1.165) is 10.8 Å². The van der Waals surface area contributed by atoms with Crippen molar-refractivity contribution in [2.75, 3.05) is 13.1 Å². The second-order valence-corrected chi connectivity index (χ2v) is 9.73. The van der Waals surface area contributed by atoms with Crippen LogP contribution in [0.3, 0.4) is 0 Å². The van der Waals surface area contributed by atoms with Gasteiger partial charge in [0.2, 0.25) is 10.0 Å². The number of hydrogen-bond donors (Lipinski definition) is 0. The van der Waals surface area contributed by atoms with E-state index in [4.69, 9.17) is 4.74 Å². The van der Waals surface area contributed by atoms with Crippen molar-refractivity contribution in [3.8, 4) is 5.75 Å². The number of carbonyl (C=O) groups is 1. The minimum Gasteiger partial charge on any atom is -0.486 e. The van der Waals surface area contributed by atoms with E-state index in [9.17, 15) is 13.2 Å². The van der Waals surface area contributed by atoms with Crippen LogP contribution in [0.5, 0.6) is 5.75 Å². The number of benzene rings is 3. The van der Waals surface area contributed by atoms with E-state index in [1.165, 1.54) is 4.31 Å². The molecule has 0 amide bonds. The minimum absolute atomic E-state index is 0.0673. The van der Waals surface area contributed by atoms with Gasteiger partial charge in [-0.2, -0.15) is 4.31 Å². The van der Waals surface area contributed by atoms with Crippen LogP contribution in [0.25, 0.3) is 10.8 Å². The summed E-state index contributed by atoms with van der Waals surface area (Å²) < 4.78 is 34.1. The third-order valence-electron chi connectivity index (χ3n) is 5.99. The molecule has 1 fully saturated rings. The third kappa shape index (κ3) is 3.12. The van der Waals surface area contributed by atoms with Crippen molar-refractivity contribution < 1.29 is 17.9 Å². The number of carbonyl (C=O) groups excluding carboxylic acids is 1. The summed E-state index contributed by atoms with van der Waals surface area (Å²) in [6.07, 6.45) is 1.30. The zero-order chi connectivity index (χ0) is 20.1. The molecule has 2 aliphatic rings. The van der Waals surface area contributed by atoms with Crippen molar-refractivity contribution in [3.05, 3.63) is 72.3 Å². The first-order chi connectivity index (χ1) is 14.0. The van der Waals surface area contributed by atoms with Crippen LogP contribution >= 0.6 is 0 Å². The first kappa shape index (κ1) is 18.3. The number of Topliss-reactive ketones (excluding diaryl/α,β-unsaturated/α-hetero) is 1. The lowest BCUT2D eigenvalue weighted by Gasteiger charge is -2.43. The van der Waals surface area contributed by atoms with Gasteiger partial charge in [-0.05, 0) is 35.0 Å². The van der Waals surface area contributed by atoms with E-state index < -0.39 is 15.6 Å². The normalized spacial score (nSPS) is 19.1. The zero-order valence-corrected chi connectivity index (χ0v) is 16.7. The van der Waals surface area contributed by atoms with Gasteiger partial charge in [0, 0.05) is 25.9 Å². The Morgan fingerprint density at radius 3 is 2.34 bits per heavy atom. The first-order valence-corrected chi connectivity index (χ1v) is 11.2. The fraction of sp³-hybridized carbons (Fsp3) is 0.261. The number of ether oxygens (including phenoxy) is 1. The Balaban J connectivity index is 1.38. The molecule has 6 heteroatoms. The van der Waals surface area contributed by atoms with Crippen molar-refractivity contribution in [3.63, 3.8) is 0 Å². The van der Waals surface area contributed by atoms with Gasteiger partial charge in [-0.3, -0.25) is 4.79 Å². The quantitative estimate of drug-likeness (QED) is 0.643. The van der Waals surface area contributed by atoms with Crippen molar-refractivity contribution in [1.82, 2.24) is 4.31 Å². The second-order valence-electron chi connectivity index (χ2n) is 7.79. The second kappa shape index (κ2) is 6.68. The van der Waals surface area contributed by atoms with Gasteiger partial charge >= 0.3 is 0 Å². The molecule has 0 aromatic heterocycles. The lowest BCUT2D eigenvalue weighted by molar-refractivity contribution is 0.00591. The highest BCUT2D eigenvalue weighted by molar-refractivity contribution is 7.89. The Bertz CT molecular complexity index is 1210. The molecule has 3 aromatic rings. The van der Waals surface area contributed by atoms with Crippen LogP contribution in [-0.4, -0.2) is 37.2 Å². The van der Waals surface area contributed by atoms with Crippen LogP contribution in [0.15, 0.2) is 71.6 Å². The van der Waals surface area contributed by atoms with Gasteiger partial charge in [0.25, 0.3) is 0 Å². The lowest BCUT2D eigenvalue weighted by atomic mass is 9.83. The Morgan fingerprint density at radius 2 is 1.55 bits per heavy atom. The summed E-state index contributed by atoms with van der Waals surface area (Å²) in [5.41, 5.74) is 0.00485. The highest BCUT2D eigenvalue weighted by Crippen LogP contribution is 2.40. The van der Waals surface area contributed by atoms with Gasteiger partial charge in [0.15, 0.2) is 5.78 Å². The van der Waals surface area contributed by atoms with E-state index in [2.05, 4.69) is 0 Å². The molecular formula is C23H21NO4S. The van der Waals surface area contributed by atoms with Gasteiger partial charge in [0.1, 0.15) is 11.4 Å². The lowest BCUT2D eigenvalue weighted by Crippen LogP contribution is -2.52. The van der Waals surface area contributed by atoms with Crippen molar-refractivity contribution in [1.29, 1.82) is 0 Å². The first-order valence-electron chi connectivity index (χ1n) is 9.77. The van der Waals surface area contributed by atoms with Crippen molar-refractivity contribution in [2.24, 2.45) is 0 Å². The largest absolute Gasteiger partial charge is 0.486 e. The Hall–Kier alpha value is -2.70. The SMILES string of the molecule is O=C1CC2(CCN(S(=O)(=O)c3ccc4ccccc4c3)CC2)Oc2ccccc21. The summed E-state index contributed by atoms with van der Waals surface area (Å²) >= 11 is 0. The fourth-order valence-electron chi connectivity index (χ4n) is 4.33. The van der Waals surface area contributed by atoms with E-state index in [-0.39, 0.29) is 5.78 Å². The average Bonchev–Trinajstić information content (AvgIpc) is 2.74. The number of hydrogen-bond acceptors (Lipinski definition) is 4. The van der Waals surface area contributed by atoms with Crippen molar-refractivity contribution >= 4 is 26.6 Å². The van der Waals surface area contributed by atoms with Gasteiger partial charge in [-0.25, -0.2) is 8.42 Å². The maximum Gasteiger partial charge on any atom is 0.243 e. The van der Waals surface area contributed by atoms with E-state index in [1.54, 1.807) is 18.2 Å². The van der Waals surface area contributed by atoms with Crippen LogP contribution < -0.4 is 4.74 Å². The molecule has 2 aliphatic heterocycles. The molecule has 0 aliphatic carbocycles. The number of sulfonamides is 1. The van der Waals surface area contributed by atoms with E-state index >= 15 is 0 Å². The standard InChI is InChI=1S/C23H21NO4S/c25-21-16-23(28-22-8-4-3-7-20(21)22)11-13-24(14-12-23)29(26,27)19-10-9-17-5-1-2-6-18(17)15-19/h1-10,15H,11-14,16H2. The molecule has 29 heavy (non-hydrogen) atoms. The van der Waals surface area contributed by atoms with Crippen LogP contribution in [0.1, 0.15) is 29.6 Å². The molecule has 0 radical (unpaired) electrons. The molecule has 0 bridgehead atoms. The number of rotatable bonds is 2. The highest BCUT2D eigenvalue weighted by Gasteiger charge is 2.44. The molecule has 1 spiro atoms.